The summed E-state index contributed by atoms with van der Waals surface area (Å²) >= 11 is 0. The quantitative estimate of drug-likeness (QED) is 0.854. The van der Waals surface area contributed by atoms with Gasteiger partial charge in [0.25, 0.3) is 0 Å². The van der Waals surface area contributed by atoms with Crippen LogP contribution in [0.25, 0.3) is 0 Å². The van der Waals surface area contributed by atoms with Gasteiger partial charge in [0, 0.05) is 12.8 Å². The minimum atomic E-state index is -1.01. The Bertz CT molecular complexity index is 727. The Hall–Kier alpha value is -1.68. The van der Waals surface area contributed by atoms with E-state index in [0.29, 0.717) is 13.2 Å². The van der Waals surface area contributed by atoms with Crippen LogP contribution in [0.5, 0.6) is 0 Å². The minimum absolute atomic E-state index is 0.112. The number of ether oxygens (including phenoxy) is 2. The summed E-state index contributed by atoms with van der Waals surface area (Å²) in [4.78, 5) is 0. The van der Waals surface area contributed by atoms with Crippen LogP contribution in [-0.4, -0.2) is 24.1 Å². The number of benzene rings is 2. The summed E-state index contributed by atoms with van der Waals surface area (Å²) in [6, 6.07) is 16.7. The third-order valence-electron chi connectivity index (χ3n) is 6.49. The maximum absolute atomic E-state index is 12.2. The van der Waals surface area contributed by atoms with E-state index in [0.717, 1.165) is 30.4 Å². The molecule has 0 aromatic heterocycles. The van der Waals surface area contributed by atoms with Crippen LogP contribution < -0.4 is 0 Å². The van der Waals surface area contributed by atoms with Crippen LogP contribution in [0.1, 0.15) is 48.4 Å². The van der Waals surface area contributed by atoms with Crippen molar-refractivity contribution in [1.29, 1.82) is 0 Å². The molecule has 3 heteroatoms. The summed E-state index contributed by atoms with van der Waals surface area (Å²) in [6.45, 7) is 7.74. The van der Waals surface area contributed by atoms with Gasteiger partial charge in [-0.25, -0.2) is 0 Å². The van der Waals surface area contributed by atoms with E-state index in [9.17, 15) is 5.11 Å². The highest BCUT2D eigenvalue weighted by Gasteiger charge is 2.51. The first-order valence-corrected chi connectivity index (χ1v) is 10.1. The molecule has 2 aromatic carbocycles. The predicted octanol–water partition coefficient (Wildman–Crippen LogP) is 4.72. The van der Waals surface area contributed by atoms with E-state index in [4.69, 9.17) is 9.47 Å². The van der Waals surface area contributed by atoms with Crippen LogP contribution >= 0.6 is 0 Å². The number of hydrogen-bond donors (Lipinski definition) is 1. The molecule has 1 heterocycles. The maximum Gasteiger partial charge on any atom is 0.168 e. The van der Waals surface area contributed by atoms with Gasteiger partial charge < -0.3 is 14.6 Å². The highest BCUT2D eigenvalue weighted by Crippen LogP contribution is 2.50. The Morgan fingerprint density at radius 3 is 1.81 bits per heavy atom. The highest BCUT2D eigenvalue weighted by molar-refractivity contribution is 5.39. The van der Waals surface area contributed by atoms with Crippen LogP contribution in [0.3, 0.4) is 0 Å². The fourth-order valence-corrected chi connectivity index (χ4v) is 4.98. The normalized spacial score (nSPS) is 25.0. The first-order valence-electron chi connectivity index (χ1n) is 10.1. The lowest BCUT2D eigenvalue weighted by Gasteiger charge is -2.47. The molecule has 1 saturated heterocycles. The third-order valence-corrected chi connectivity index (χ3v) is 6.49. The topological polar surface area (TPSA) is 38.7 Å². The van der Waals surface area contributed by atoms with E-state index >= 15 is 0 Å². The van der Waals surface area contributed by atoms with E-state index in [1.807, 2.05) is 0 Å². The summed E-state index contributed by atoms with van der Waals surface area (Å²) < 4.78 is 11.9. The lowest BCUT2D eigenvalue weighted by Crippen LogP contribution is -2.47. The molecule has 2 fully saturated rings. The molecule has 4 rings (SSSR count). The molecular formula is C24H30O3. The summed E-state index contributed by atoms with van der Waals surface area (Å²) in [5.41, 5.74) is 3.33. The van der Waals surface area contributed by atoms with E-state index in [2.05, 4.69) is 69.3 Å². The summed E-state index contributed by atoms with van der Waals surface area (Å²) in [6.07, 6.45) is 2.54. The van der Waals surface area contributed by atoms with E-state index < -0.39 is 11.4 Å². The van der Waals surface area contributed by atoms with Gasteiger partial charge in [-0.3, -0.25) is 0 Å². The summed E-state index contributed by atoms with van der Waals surface area (Å²) in [7, 11) is 0. The largest absolute Gasteiger partial charge is 0.380 e. The molecule has 0 amide bonds. The fourth-order valence-electron chi connectivity index (χ4n) is 4.98. The van der Waals surface area contributed by atoms with Crippen molar-refractivity contribution in [1.82, 2.24) is 0 Å². The second-order valence-electron chi connectivity index (χ2n) is 8.43. The smallest absolute Gasteiger partial charge is 0.168 e. The Morgan fingerprint density at radius 1 is 0.889 bits per heavy atom. The predicted molar refractivity (Wildman–Crippen MR) is 106 cm³/mol. The molecule has 2 aliphatic rings. The molecule has 27 heavy (non-hydrogen) atoms. The minimum Gasteiger partial charge on any atom is -0.380 e. The van der Waals surface area contributed by atoms with Crippen LogP contribution in [0.4, 0.5) is 0 Å². The number of aryl methyl sites for hydroxylation is 2. The second-order valence-corrected chi connectivity index (χ2v) is 8.43. The standard InChI is InChI=1S/C24H30O3/c1-17-4-8-20(9-5-17)24(25,21-10-6-18(2)7-11-21)22-12-13-23(16-19(22)3)26-14-15-27-23/h4-11,19,22,25H,12-16H2,1-3H3. The summed E-state index contributed by atoms with van der Waals surface area (Å²) in [5.74, 6) is -0.0389. The lowest BCUT2D eigenvalue weighted by atomic mass is 9.64. The van der Waals surface area contributed by atoms with E-state index in [1.54, 1.807) is 0 Å². The SMILES string of the molecule is Cc1ccc(C(O)(c2ccc(C)cc2)C2CCC3(CC2C)OCCO3)cc1. The number of aliphatic hydroxyl groups is 1. The molecule has 1 spiro atoms. The monoisotopic (exact) mass is 366 g/mol. The molecule has 0 radical (unpaired) electrons. The molecule has 1 saturated carbocycles. The second kappa shape index (κ2) is 7.05. The van der Waals surface area contributed by atoms with Gasteiger partial charge in [-0.15, -0.1) is 0 Å². The van der Waals surface area contributed by atoms with Crippen LogP contribution in [0.15, 0.2) is 48.5 Å². The molecule has 144 valence electrons. The summed E-state index contributed by atoms with van der Waals surface area (Å²) in [5, 5.41) is 12.2. The first-order chi connectivity index (χ1) is 12.9. The fraction of sp³-hybridized carbons (Fsp3) is 0.500. The molecule has 2 atom stereocenters. The van der Waals surface area contributed by atoms with Gasteiger partial charge >= 0.3 is 0 Å². The molecular weight excluding hydrogens is 336 g/mol. The molecule has 1 aliphatic heterocycles. The Balaban J connectivity index is 1.74. The van der Waals surface area contributed by atoms with Gasteiger partial charge in [-0.2, -0.15) is 0 Å². The van der Waals surface area contributed by atoms with Crippen molar-refractivity contribution in [2.45, 2.75) is 51.4 Å². The molecule has 2 unspecified atom stereocenters. The number of hydrogen-bond acceptors (Lipinski definition) is 3. The van der Waals surface area contributed by atoms with E-state index in [-0.39, 0.29) is 11.8 Å². The zero-order chi connectivity index (χ0) is 19.1. The zero-order valence-corrected chi connectivity index (χ0v) is 16.6. The van der Waals surface area contributed by atoms with Gasteiger partial charge in [0.15, 0.2) is 5.79 Å². The van der Waals surface area contributed by atoms with Crippen molar-refractivity contribution >= 4 is 0 Å². The average molecular weight is 367 g/mol. The Labute approximate surface area is 162 Å². The maximum atomic E-state index is 12.2. The number of rotatable bonds is 3. The van der Waals surface area contributed by atoms with Crippen molar-refractivity contribution in [3.63, 3.8) is 0 Å². The van der Waals surface area contributed by atoms with Crippen LogP contribution in [0.2, 0.25) is 0 Å². The van der Waals surface area contributed by atoms with Gasteiger partial charge in [-0.05, 0) is 43.2 Å². The molecule has 1 aliphatic carbocycles. The average Bonchev–Trinajstić information content (AvgIpc) is 3.10. The van der Waals surface area contributed by atoms with Crippen molar-refractivity contribution in [2.75, 3.05) is 13.2 Å². The zero-order valence-electron chi connectivity index (χ0n) is 16.6. The van der Waals surface area contributed by atoms with Crippen molar-refractivity contribution in [3.05, 3.63) is 70.8 Å². The van der Waals surface area contributed by atoms with Crippen molar-refractivity contribution < 1.29 is 14.6 Å². The van der Waals surface area contributed by atoms with Gasteiger partial charge in [0.2, 0.25) is 0 Å². The lowest BCUT2D eigenvalue weighted by molar-refractivity contribution is -0.205. The van der Waals surface area contributed by atoms with Crippen molar-refractivity contribution in [2.24, 2.45) is 11.8 Å². The van der Waals surface area contributed by atoms with Gasteiger partial charge in [-0.1, -0.05) is 66.6 Å². The Kier molecular flexibility index (Phi) is 4.87. The van der Waals surface area contributed by atoms with Gasteiger partial charge in [0.1, 0.15) is 5.60 Å². The molecule has 1 N–H and O–H groups in total. The van der Waals surface area contributed by atoms with Crippen LogP contribution in [0, 0.1) is 25.7 Å². The van der Waals surface area contributed by atoms with Gasteiger partial charge in [0.05, 0.1) is 13.2 Å². The van der Waals surface area contributed by atoms with Crippen molar-refractivity contribution in [3.8, 4) is 0 Å². The highest BCUT2D eigenvalue weighted by atomic mass is 16.7. The first kappa shape index (κ1) is 18.7. The molecule has 0 bridgehead atoms. The Morgan fingerprint density at radius 2 is 1.37 bits per heavy atom. The third kappa shape index (κ3) is 3.33. The van der Waals surface area contributed by atoms with Crippen LogP contribution in [-0.2, 0) is 15.1 Å². The molecule has 3 nitrogen and oxygen atoms in total. The molecule has 2 aromatic rings. The van der Waals surface area contributed by atoms with E-state index in [1.165, 1.54) is 11.1 Å².